The average Bonchev–Trinajstić information content (AvgIpc) is 2.25. The number of carbonyl (C=O) groups is 1. The van der Waals surface area contributed by atoms with Crippen molar-refractivity contribution >= 4 is 37.8 Å². The first-order chi connectivity index (χ1) is 8.88. The van der Waals surface area contributed by atoms with Gasteiger partial charge in [0.05, 0.1) is 5.69 Å². The molecular weight excluding hydrogens is 380 g/mol. The third-order valence-corrected chi connectivity index (χ3v) is 3.37. The molecule has 0 amide bonds. The number of aromatic nitrogens is 2. The van der Waals surface area contributed by atoms with Gasteiger partial charge in [0.25, 0.3) is 5.56 Å². The lowest BCUT2D eigenvalue weighted by atomic mass is 10.2. The summed E-state index contributed by atoms with van der Waals surface area (Å²) in [7, 11) is 0. The quantitative estimate of drug-likeness (QED) is 0.829. The molecule has 0 spiro atoms. The van der Waals surface area contributed by atoms with Crippen LogP contribution in [0.2, 0.25) is 0 Å². The van der Waals surface area contributed by atoms with E-state index < -0.39 is 11.5 Å². The fraction of sp³-hybridized carbons (Fsp3) is 0.0833. The Balaban J connectivity index is 2.65. The number of carboxylic acid groups (broad SMARTS) is 1. The van der Waals surface area contributed by atoms with E-state index in [9.17, 15) is 9.59 Å². The maximum absolute atomic E-state index is 11.7. The van der Waals surface area contributed by atoms with Gasteiger partial charge < -0.3 is 10.1 Å². The normalized spacial score (nSPS) is 10.5. The van der Waals surface area contributed by atoms with Crippen LogP contribution in [0.4, 0.5) is 0 Å². The van der Waals surface area contributed by atoms with Crippen molar-refractivity contribution in [2.24, 2.45) is 0 Å². The van der Waals surface area contributed by atoms with Gasteiger partial charge in [0.15, 0.2) is 0 Å². The van der Waals surface area contributed by atoms with Crippen molar-refractivity contribution in [1.82, 2.24) is 9.97 Å². The Morgan fingerprint density at radius 2 is 1.84 bits per heavy atom. The van der Waals surface area contributed by atoms with Gasteiger partial charge in [-0.25, -0.2) is 9.78 Å². The Kier molecular flexibility index (Phi) is 3.86. The molecule has 0 aliphatic carbocycles. The molecule has 1 heterocycles. The highest BCUT2D eigenvalue weighted by Crippen LogP contribution is 2.25. The Hall–Kier alpha value is -1.47. The van der Waals surface area contributed by atoms with Crippen LogP contribution in [0.5, 0.6) is 0 Å². The third-order valence-electron chi connectivity index (χ3n) is 2.45. The third kappa shape index (κ3) is 2.93. The summed E-state index contributed by atoms with van der Waals surface area (Å²) in [4.78, 5) is 29.3. The summed E-state index contributed by atoms with van der Waals surface area (Å²) in [5.74, 6) is -0.956. The molecule has 0 atom stereocenters. The molecule has 0 saturated carbocycles. The van der Waals surface area contributed by atoms with E-state index in [2.05, 4.69) is 41.8 Å². The van der Waals surface area contributed by atoms with Gasteiger partial charge in [-0.2, -0.15) is 0 Å². The summed E-state index contributed by atoms with van der Waals surface area (Å²) in [5, 5.41) is 8.92. The zero-order valence-electron chi connectivity index (χ0n) is 9.70. The van der Waals surface area contributed by atoms with Crippen LogP contribution >= 0.6 is 31.9 Å². The highest BCUT2D eigenvalue weighted by molar-refractivity contribution is 9.11. The zero-order chi connectivity index (χ0) is 14.2. The molecule has 0 aliphatic heterocycles. The number of H-pyrrole nitrogens is 1. The lowest BCUT2D eigenvalue weighted by Gasteiger charge is -2.06. The van der Waals surface area contributed by atoms with E-state index in [0.717, 1.165) is 8.95 Å². The van der Waals surface area contributed by atoms with E-state index in [1.807, 2.05) is 6.07 Å². The number of rotatable bonds is 2. The largest absolute Gasteiger partial charge is 0.477 e. The summed E-state index contributed by atoms with van der Waals surface area (Å²) in [6.45, 7) is 1.50. The van der Waals surface area contributed by atoms with Gasteiger partial charge in [-0.05, 0) is 25.1 Å². The molecule has 1 aromatic heterocycles. The van der Waals surface area contributed by atoms with E-state index in [4.69, 9.17) is 5.11 Å². The molecule has 19 heavy (non-hydrogen) atoms. The summed E-state index contributed by atoms with van der Waals surface area (Å²) in [6.07, 6.45) is 0. The van der Waals surface area contributed by atoms with Gasteiger partial charge >= 0.3 is 5.97 Å². The molecule has 2 aromatic rings. The van der Waals surface area contributed by atoms with E-state index in [-0.39, 0.29) is 11.3 Å². The topological polar surface area (TPSA) is 83.0 Å². The maximum Gasteiger partial charge on any atom is 0.343 e. The first-order valence-electron chi connectivity index (χ1n) is 5.19. The van der Waals surface area contributed by atoms with Crippen LogP contribution < -0.4 is 5.56 Å². The van der Waals surface area contributed by atoms with Crippen LogP contribution in [-0.4, -0.2) is 21.0 Å². The molecule has 0 radical (unpaired) electrons. The minimum absolute atomic E-state index is 0.183. The van der Waals surface area contributed by atoms with Gasteiger partial charge in [-0.15, -0.1) is 0 Å². The number of nitrogens with one attached hydrogen (secondary N) is 1. The van der Waals surface area contributed by atoms with Crippen LogP contribution in [0, 0.1) is 6.92 Å². The van der Waals surface area contributed by atoms with Crippen LogP contribution in [0.3, 0.4) is 0 Å². The van der Waals surface area contributed by atoms with Crippen molar-refractivity contribution in [3.63, 3.8) is 0 Å². The highest BCUT2D eigenvalue weighted by atomic mass is 79.9. The molecule has 0 fully saturated rings. The average molecular weight is 388 g/mol. The van der Waals surface area contributed by atoms with Crippen molar-refractivity contribution < 1.29 is 9.90 Å². The smallest absolute Gasteiger partial charge is 0.343 e. The van der Waals surface area contributed by atoms with Gasteiger partial charge in [0, 0.05) is 14.5 Å². The predicted octanol–water partition coefficient (Wildman–Crippen LogP) is 2.97. The number of carboxylic acids is 1. The lowest BCUT2D eigenvalue weighted by Crippen LogP contribution is -2.21. The fourth-order valence-corrected chi connectivity index (χ4v) is 2.96. The van der Waals surface area contributed by atoms with E-state index >= 15 is 0 Å². The Labute approximate surface area is 125 Å². The molecule has 0 unspecified atom stereocenters. The van der Waals surface area contributed by atoms with Crippen LogP contribution in [0.1, 0.15) is 16.1 Å². The second kappa shape index (κ2) is 5.26. The van der Waals surface area contributed by atoms with Crippen molar-refractivity contribution in [1.29, 1.82) is 0 Å². The first-order valence-corrected chi connectivity index (χ1v) is 6.78. The van der Waals surface area contributed by atoms with Gasteiger partial charge in [-0.3, -0.25) is 4.79 Å². The molecule has 0 bridgehead atoms. The Morgan fingerprint density at radius 1 is 1.26 bits per heavy atom. The second-order valence-electron chi connectivity index (χ2n) is 3.84. The number of nitrogens with zero attached hydrogens (tertiary/aromatic N) is 1. The van der Waals surface area contributed by atoms with Gasteiger partial charge in [0.2, 0.25) is 0 Å². The number of aromatic carboxylic acids is 1. The second-order valence-corrected chi connectivity index (χ2v) is 5.67. The summed E-state index contributed by atoms with van der Waals surface area (Å²) in [5.41, 5.74) is -0.135. The minimum atomic E-state index is -1.28. The Bertz CT molecular complexity index is 705. The Morgan fingerprint density at radius 3 is 2.32 bits per heavy atom. The monoisotopic (exact) mass is 386 g/mol. The number of halogens is 2. The zero-order valence-corrected chi connectivity index (χ0v) is 12.9. The summed E-state index contributed by atoms with van der Waals surface area (Å²) >= 11 is 6.68. The van der Waals surface area contributed by atoms with Crippen LogP contribution in [0.15, 0.2) is 31.9 Å². The summed E-state index contributed by atoms with van der Waals surface area (Å²) < 4.78 is 1.64. The molecule has 0 aliphatic rings. The van der Waals surface area contributed by atoms with Gasteiger partial charge in [0.1, 0.15) is 11.4 Å². The number of hydrogen-bond acceptors (Lipinski definition) is 3. The van der Waals surface area contributed by atoms with Crippen molar-refractivity contribution in [2.75, 3.05) is 0 Å². The summed E-state index contributed by atoms with van der Waals surface area (Å²) in [6, 6.07) is 5.41. The molecule has 7 heteroatoms. The van der Waals surface area contributed by atoms with Crippen LogP contribution in [-0.2, 0) is 0 Å². The number of aromatic amines is 1. The van der Waals surface area contributed by atoms with Crippen LogP contribution in [0.25, 0.3) is 11.4 Å². The fourth-order valence-electron chi connectivity index (χ4n) is 1.67. The molecule has 0 saturated heterocycles. The maximum atomic E-state index is 11.7. The number of benzene rings is 1. The standard InChI is InChI=1S/C12H8Br2N2O3/c1-5-9(12(18)19)11(17)16-10(15-5)6-2-7(13)4-8(14)3-6/h2-4H,1H3,(H,18,19)(H,15,16,17). The molecule has 98 valence electrons. The number of hydrogen-bond donors (Lipinski definition) is 2. The molecule has 2 N–H and O–H groups in total. The molecule has 5 nitrogen and oxygen atoms in total. The first kappa shape index (κ1) is 14.0. The van der Waals surface area contributed by atoms with E-state index in [1.54, 1.807) is 12.1 Å². The van der Waals surface area contributed by atoms with Crippen molar-refractivity contribution in [2.45, 2.75) is 6.92 Å². The van der Waals surface area contributed by atoms with Gasteiger partial charge in [-0.1, -0.05) is 31.9 Å². The molecule has 2 rings (SSSR count). The lowest BCUT2D eigenvalue weighted by molar-refractivity contribution is 0.0693. The SMILES string of the molecule is Cc1nc(-c2cc(Br)cc(Br)c2)[nH]c(=O)c1C(=O)O. The van der Waals surface area contributed by atoms with Crippen molar-refractivity contribution in [3.8, 4) is 11.4 Å². The predicted molar refractivity (Wildman–Crippen MR) is 77.4 cm³/mol. The minimum Gasteiger partial charge on any atom is -0.477 e. The molecule has 1 aromatic carbocycles. The molecular formula is C12H8Br2N2O3. The van der Waals surface area contributed by atoms with E-state index in [1.165, 1.54) is 6.92 Å². The van der Waals surface area contributed by atoms with Crippen molar-refractivity contribution in [3.05, 3.63) is 48.8 Å². The number of aryl methyl sites for hydroxylation is 1. The highest BCUT2D eigenvalue weighted by Gasteiger charge is 2.15. The van der Waals surface area contributed by atoms with E-state index in [0.29, 0.717) is 11.4 Å².